The van der Waals surface area contributed by atoms with Gasteiger partial charge in [0.1, 0.15) is 5.52 Å². The van der Waals surface area contributed by atoms with Gasteiger partial charge in [-0.15, -0.1) is 11.3 Å². The Kier molecular flexibility index (Phi) is 6.01. The summed E-state index contributed by atoms with van der Waals surface area (Å²) < 4.78 is 0. The van der Waals surface area contributed by atoms with Gasteiger partial charge in [0.05, 0.1) is 39.0 Å². The van der Waals surface area contributed by atoms with Crippen molar-refractivity contribution in [3.05, 3.63) is 65.8 Å². The van der Waals surface area contributed by atoms with Crippen molar-refractivity contribution in [2.75, 3.05) is 5.32 Å². The zero-order valence-electron chi connectivity index (χ0n) is 20.7. The first-order valence-corrected chi connectivity index (χ1v) is 13.0. The minimum Gasteiger partial charge on any atom is -0.336 e. The number of imidazole rings is 1. The number of hydrogen-bond acceptors (Lipinski definition) is 7. The largest absolute Gasteiger partial charge is 0.336 e. The number of benzene rings is 1. The van der Waals surface area contributed by atoms with Crippen LogP contribution in [-0.4, -0.2) is 41.8 Å². The molecule has 1 aromatic carbocycles. The Bertz CT molecular complexity index is 1830. The second-order valence-corrected chi connectivity index (χ2v) is 10.0. The number of pyridine rings is 2. The molecule has 5 aromatic heterocycles. The van der Waals surface area contributed by atoms with Gasteiger partial charge in [-0.05, 0) is 49.7 Å². The van der Waals surface area contributed by atoms with Crippen LogP contribution in [0.15, 0.2) is 60.9 Å². The average Bonchev–Trinajstić information content (AvgIpc) is 3.66. The van der Waals surface area contributed by atoms with Gasteiger partial charge < -0.3 is 10.3 Å². The van der Waals surface area contributed by atoms with Crippen molar-refractivity contribution in [3.63, 3.8) is 0 Å². The molecule has 0 unspecified atom stereocenters. The van der Waals surface area contributed by atoms with E-state index in [1.165, 1.54) is 11.3 Å². The number of aromatic nitrogens is 6. The molecule has 9 nitrogen and oxygen atoms in total. The fourth-order valence-corrected chi connectivity index (χ4v) is 5.27. The van der Waals surface area contributed by atoms with Crippen molar-refractivity contribution in [3.8, 4) is 33.2 Å². The molecule has 0 spiro atoms. The number of carbonyl (C=O) groups excluding carboxylic acids is 2. The highest BCUT2D eigenvalue weighted by Crippen LogP contribution is 2.35. The maximum Gasteiger partial charge on any atom is 0.224 e. The Morgan fingerprint density at radius 3 is 2.71 bits per heavy atom. The van der Waals surface area contributed by atoms with E-state index in [1.807, 2.05) is 55.5 Å². The molecule has 0 atom stereocenters. The minimum atomic E-state index is -0.0451. The first-order valence-electron chi connectivity index (χ1n) is 12.2. The van der Waals surface area contributed by atoms with E-state index in [2.05, 4.69) is 25.5 Å². The molecule has 10 heteroatoms. The molecule has 6 rings (SSSR count). The van der Waals surface area contributed by atoms with Crippen LogP contribution >= 0.6 is 11.3 Å². The summed E-state index contributed by atoms with van der Waals surface area (Å²) in [6.45, 7) is 3.53. The number of Topliss-reactive ketones (excluding diaryl/α,β-unsaturated/α-hetero) is 1. The van der Waals surface area contributed by atoms with E-state index >= 15 is 0 Å². The van der Waals surface area contributed by atoms with Crippen LogP contribution in [0.2, 0.25) is 0 Å². The molecule has 3 N–H and O–H groups in total. The van der Waals surface area contributed by atoms with Crippen molar-refractivity contribution in [1.29, 1.82) is 0 Å². The fourth-order valence-electron chi connectivity index (χ4n) is 4.34. The van der Waals surface area contributed by atoms with E-state index in [-0.39, 0.29) is 11.7 Å². The summed E-state index contributed by atoms with van der Waals surface area (Å²) in [5, 5.41) is 10.4. The summed E-state index contributed by atoms with van der Waals surface area (Å²) in [5.74, 6) is 0.590. The van der Waals surface area contributed by atoms with Gasteiger partial charge in [-0.3, -0.25) is 19.7 Å². The number of anilines is 1. The lowest BCUT2D eigenvalue weighted by atomic mass is 10.1. The third-order valence-electron chi connectivity index (χ3n) is 6.16. The molecule has 0 aliphatic carbocycles. The van der Waals surface area contributed by atoms with Crippen LogP contribution < -0.4 is 5.32 Å². The molecule has 0 radical (unpaired) electrons. The molecule has 0 saturated carbocycles. The molecule has 188 valence electrons. The highest BCUT2D eigenvalue weighted by Gasteiger charge is 2.18. The molecule has 0 fully saturated rings. The van der Waals surface area contributed by atoms with E-state index in [1.54, 1.807) is 19.3 Å². The van der Waals surface area contributed by atoms with Crippen molar-refractivity contribution in [1.82, 2.24) is 30.1 Å². The van der Waals surface area contributed by atoms with Gasteiger partial charge in [0.25, 0.3) is 0 Å². The SMILES string of the molecule is CCCC(=O)Nc1cncc(-c2ccc3[nH]nc(-c4nc5c(-c6ccc(C(C)=O)s6)cccc5[nH]4)c3n2)c1. The Labute approximate surface area is 221 Å². The molecule has 6 aromatic rings. The van der Waals surface area contributed by atoms with Gasteiger partial charge in [0, 0.05) is 28.6 Å². The lowest BCUT2D eigenvalue weighted by Crippen LogP contribution is -2.10. The minimum absolute atomic E-state index is 0.0451. The highest BCUT2D eigenvalue weighted by molar-refractivity contribution is 7.17. The summed E-state index contributed by atoms with van der Waals surface area (Å²) in [6, 6.07) is 15.4. The first kappa shape index (κ1) is 23.7. The number of para-hydroxylation sites is 1. The van der Waals surface area contributed by atoms with Gasteiger partial charge in [0.15, 0.2) is 17.3 Å². The van der Waals surface area contributed by atoms with Gasteiger partial charge in [0.2, 0.25) is 5.91 Å². The highest BCUT2D eigenvalue weighted by atomic mass is 32.1. The second-order valence-electron chi connectivity index (χ2n) is 8.93. The normalized spacial score (nSPS) is 11.3. The van der Waals surface area contributed by atoms with E-state index in [0.717, 1.165) is 39.0 Å². The summed E-state index contributed by atoms with van der Waals surface area (Å²) in [6.07, 6.45) is 4.57. The zero-order chi connectivity index (χ0) is 26.2. The molecular formula is C28H23N7O2S. The number of nitrogens with zero attached hydrogens (tertiary/aromatic N) is 4. The number of hydrogen-bond donors (Lipinski definition) is 3. The Morgan fingerprint density at radius 1 is 1.00 bits per heavy atom. The predicted molar refractivity (Wildman–Crippen MR) is 149 cm³/mol. The second kappa shape index (κ2) is 9.64. The summed E-state index contributed by atoms with van der Waals surface area (Å²) >= 11 is 1.46. The van der Waals surface area contributed by atoms with Crippen molar-refractivity contribution < 1.29 is 9.59 Å². The number of rotatable bonds is 7. The van der Waals surface area contributed by atoms with Gasteiger partial charge in [-0.25, -0.2) is 9.97 Å². The number of H-pyrrole nitrogens is 2. The van der Waals surface area contributed by atoms with E-state index in [9.17, 15) is 9.59 Å². The molecule has 1 amide bonds. The number of aromatic amines is 2. The van der Waals surface area contributed by atoms with Crippen LogP contribution in [0.3, 0.4) is 0 Å². The summed E-state index contributed by atoms with van der Waals surface area (Å²) in [7, 11) is 0. The van der Waals surface area contributed by atoms with Gasteiger partial charge >= 0.3 is 0 Å². The van der Waals surface area contributed by atoms with Crippen molar-refractivity contribution >= 4 is 50.8 Å². The van der Waals surface area contributed by atoms with Crippen LogP contribution in [0.5, 0.6) is 0 Å². The molecule has 0 bridgehead atoms. The predicted octanol–water partition coefficient (Wildman–Crippen LogP) is 6.23. The van der Waals surface area contributed by atoms with Gasteiger partial charge in [-0.2, -0.15) is 5.10 Å². The summed E-state index contributed by atoms with van der Waals surface area (Å²) in [4.78, 5) is 42.9. The molecule has 0 aliphatic heterocycles. The topological polar surface area (TPSA) is 129 Å². The van der Waals surface area contributed by atoms with Crippen LogP contribution in [0.4, 0.5) is 5.69 Å². The standard InChI is InChI=1S/C28H23N7O2S/c1-3-5-24(37)30-17-12-16(13-29-14-17)19-8-9-21-26(31-19)27(35-34-21)28-32-20-7-4-6-18(25(20)33-28)23-11-10-22(38-23)15(2)36/h4,6-14H,3,5H2,1-2H3,(H,30,37)(H,32,33)(H,34,35). The lowest BCUT2D eigenvalue weighted by Gasteiger charge is -2.06. The van der Waals surface area contributed by atoms with E-state index < -0.39 is 0 Å². The van der Waals surface area contributed by atoms with E-state index in [0.29, 0.717) is 39.7 Å². The number of thiophene rings is 1. The third-order valence-corrected chi connectivity index (χ3v) is 7.38. The monoisotopic (exact) mass is 521 g/mol. The van der Waals surface area contributed by atoms with E-state index in [4.69, 9.17) is 9.97 Å². The van der Waals surface area contributed by atoms with Crippen molar-refractivity contribution in [2.24, 2.45) is 0 Å². The van der Waals surface area contributed by atoms with Crippen LogP contribution in [0.1, 0.15) is 36.4 Å². The molecule has 0 aliphatic rings. The lowest BCUT2D eigenvalue weighted by molar-refractivity contribution is -0.116. The van der Waals surface area contributed by atoms with Gasteiger partial charge in [-0.1, -0.05) is 19.1 Å². The number of ketones is 1. The maximum absolute atomic E-state index is 12.0. The fraction of sp³-hybridized carbons (Fsp3) is 0.143. The molecule has 0 saturated heterocycles. The Hall–Kier alpha value is -4.70. The Morgan fingerprint density at radius 2 is 1.89 bits per heavy atom. The van der Waals surface area contributed by atoms with Crippen molar-refractivity contribution in [2.45, 2.75) is 26.7 Å². The third kappa shape index (κ3) is 4.35. The Balaban J connectivity index is 1.39. The maximum atomic E-state index is 12.0. The molecule has 5 heterocycles. The van der Waals surface area contributed by atoms with Crippen LogP contribution in [0.25, 0.3) is 55.3 Å². The van der Waals surface area contributed by atoms with Crippen LogP contribution in [-0.2, 0) is 4.79 Å². The number of amides is 1. The van der Waals surface area contributed by atoms with Crippen LogP contribution in [0, 0.1) is 0 Å². The number of carbonyl (C=O) groups is 2. The average molecular weight is 522 g/mol. The number of nitrogens with one attached hydrogen (secondary N) is 3. The molecular weight excluding hydrogens is 498 g/mol. The first-order chi connectivity index (χ1) is 18.5. The summed E-state index contributed by atoms with van der Waals surface area (Å²) in [5.41, 5.74) is 6.75. The quantitative estimate of drug-likeness (QED) is 0.214. The smallest absolute Gasteiger partial charge is 0.224 e. The number of fused-ring (bicyclic) bond motifs is 2. The zero-order valence-corrected chi connectivity index (χ0v) is 21.5. The molecule has 38 heavy (non-hydrogen) atoms.